The number of hydrogen-bond donors (Lipinski definition) is 1. The number of piperidine rings is 1. The summed E-state index contributed by atoms with van der Waals surface area (Å²) in [6, 6.07) is 15.9. The van der Waals surface area contributed by atoms with E-state index in [-0.39, 0.29) is 19.1 Å². The van der Waals surface area contributed by atoms with E-state index >= 15 is 0 Å². The van der Waals surface area contributed by atoms with E-state index in [4.69, 9.17) is 9.47 Å². The van der Waals surface area contributed by atoms with Gasteiger partial charge in [-0.15, -0.1) is 0 Å². The van der Waals surface area contributed by atoms with Crippen LogP contribution in [0.15, 0.2) is 54.6 Å². The van der Waals surface area contributed by atoms with Crippen LogP contribution in [-0.2, 0) is 14.3 Å². The third kappa shape index (κ3) is 6.84. The van der Waals surface area contributed by atoms with Crippen molar-refractivity contribution in [3.05, 3.63) is 60.2 Å². The lowest BCUT2D eigenvalue weighted by Gasteiger charge is -2.34. The highest BCUT2D eigenvalue weighted by molar-refractivity contribution is 5.96. The summed E-state index contributed by atoms with van der Waals surface area (Å²) in [6.07, 6.45) is 1.09. The van der Waals surface area contributed by atoms with Crippen molar-refractivity contribution in [2.45, 2.75) is 20.3 Å². The van der Waals surface area contributed by atoms with Gasteiger partial charge in [-0.3, -0.25) is 14.4 Å². The summed E-state index contributed by atoms with van der Waals surface area (Å²) in [5, 5.41) is 2.51. The van der Waals surface area contributed by atoms with Crippen molar-refractivity contribution in [3.63, 3.8) is 0 Å². The van der Waals surface area contributed by atoms with Crippen molar-refractivity contribution in [2.24, 2.45) is 11.8 Å². The molecule has 1 heterocycles. The average Bonchev–Trinajstić information content (AvgIpc) is 2.76. The number of carbonyl (C=O) groups excluding carboxylic acids is 3. The molecule has 0 aromatic heterocycles. The third-order valence-corrected chi connectivity index (χ3v) is 5.07. The SMILES string of the molecule is C[C@H]1C[C@H](C)CN(C(=O)COC(=O)CNC(=O)c2ccc(Oc3ccccc3)cc2)C1. The van der Waals surface area contributed by atoms with Gasteiger partial charge in [0.2, 0.25) is 0 Å². The Morgan fingerprint density at radius 2 is 1.55 bits per heavy atom. The van der Waals surface area contributed by atoms with Gasteiger partial charge < -0.3 is 19.7 Å². The first-order valence-corrected chi connectivity index (χ1v) is 10.4. The van der Waals surface area contributed by atoms with E-state index in [1.807, 2.05) is 30.3 Å². The minimum Gasteiger partial charge on any atom is -0.457 e. The molecule has 0 radical (unpaired) electrons. The molecule has 2 aromatic rings. The molecule has 1 fully saturated rings. The van der Waals surface area contributed by atoms with Gasteiger partial charge in [0.05, 0.1) is 0 Å². The normalized spacial score (nSPS) is 18.2. The number of ether oxygens (including phenoxy) is 2. The molecule has 1 saturated heterocycles. The molecule has 2 amide bonds. The molecular formula is C24H28N2O5. The molecule has 0 spiro atoms. The third-order valence-electron chi connectivity index (χ3n) is 5.07. The van der Waals surface area contributed by atoms with Crippen molar-refractivity contribution < 1.29 is 23.9 Å². The molecule has 31 heavy (non-hydrogen) atoms. The summed E-state index contributed by atoms with van der Waals surface area (Å²) >= 11 is 0. The zero-order chi connectivity index (χ0) is 22.2. The Morgan fingerprint density at radius 3 is 2.19 bits per heavy atom. The van der Waals surface area contributed by atoms with Crippen molar-refractivity contribution in [1.29, 1.82) is 0 Å². The minimum atomic E-state index is -0.649. The number of benzene rings is 2. The first-order valence-electron chi connectivity index (χ1n) is 10.4. The average molecular weight is 424 g/mol. The number of rotatable bonds is 7. The van der Waals surface area contributed by atoms with Crippen LogP contribution in [-0.4, -0.2) is 48.9 Å². The van der Waals surface area contributed by atoms with Gasteiger partial charge in [-0.1, -0.05) is 32.0 Å². The molecule has 0 bridgehead atoms. The van der Waals surface area contributed by atoms with Gasteiger partial charge in [0.25, 0.3) is 11.8 Å². The lowest BCUT2D eigenvalue weighted by Crippen LogP contribution is -2.44. The number of likely N-dealkylation sites (tertiary alicyclic amines) is 1. The quantitative estimate of drug-likeness (QED) is 0.690. The Bertz CT molecular complexity index is 888. The highest BCUT2D eigenvalue weighted by Crippen LogP contribution is 2.22. The fourth-order valence-electron chi connectivity index (χ4n) is 3.70. The highest BCUT2D eigenvalue weighted by Gasteiger charge is 2.25. The molecule has 0 unspecified atom stereocenters. The topological polar surface area (TPSA) is 84.9 Å². The summed E-state index contributed by atoms with van der Waals surface area (Å²) in [4.78, 5) is 38.2. The zero-order valence-electron chi connectivity index (χ0n) is 17.9. The standard InChI is InChI=1S/C24H28N2O5/c1-17-12-18(2)15-26(14-17)22(27)16-30-23(28)13-25-24(29)19-8-10-21(11-9-19)31-20-6-4-3-5-7-20/h3-11,17-18H,12-16H2,1-2H3,(H,25,29)/t17-,18-/m0/s1. The fraction of sp³-hybridized carbons (Fsp3) is 0.375. The van der Waals surface area contributed by atoms with Crippen LogP contribution >= 0.6 is 0 Å². The molecule has 0 saturated carbocycles. The number of nitrogens with zero attached hydrogens (tertiary/aromatic N) is 1. The summed E-state index contributed by atoms with van der Waals surface area (Å²) in [5.74, 6) is 0.913. The Morgan fingerprint density at radius 1 is 0.935 bits per heavy atom. The van der Waals surface area contributed by atoms with E-state index in [0.29, 0.717) is 42.0 Å². The van der Waals surface area contributed by atoms with Crippen LogP contribution in [0.3, 0.4) is 0 Å². The molecule has 164 valence electrons. The molecule has 1 N–H and O–H groups in total. The molecular weight excluding hydrogens is 396 g/mol. The largest absolute Gasteiger partial charge is 0.457 e. The van der Waals surface area contributed by atoms with E-state index in [1.165, 1.54) is 0 Å². The maximum Gasteiger partial charge on any atom is 0.325 e. The van der Waals surface area contributed by atoms with Crippen LogP contribution in [0.4, 0.5) is 0 Å². The number of amides is 2. The van der Waals surface area contributed by atoms with E-state index in [1.54, 1.807) is 29.2 Å². The Balaban J connectivity index is 1.40. The van der Waals surface area contributed by atoms with Gasteiger partial charge in [-0.2, -0.15) is 0 Å². The number of hydrogen-bond acceptors (Lipinski definition) is 5. The molecule has 0 aliphatic carbocycles. The number of carbonyl (C=O) groups is 3. The predicted octanol–water partition coefficient (Wildman–Crippen LogP) is 3.26. The van der Waals surface area contributed by atoms with E-state index in [2.05, 4.69) is 19.2 Å². The summed E-state index contributed by atoms with van der Waals surface area (Å²) in [6.45, 7) is 4.97. The van der Waals surface area contributed by atoms with Gasteiger partial charge in [-0.25, -0.2) is 0 Å². The minimum absolute atomic E-state index is 0.202. The van der Waals surface area contributed by atoms with E-state index < -0.39 is 11.9 Å². The maximum atomic E-state index is 12.3. The number of esters is 1. The number of nitrogens with one attached hydrogen (secondary N) is 1. The summed E-state index contributed by atoms with van der Waals surface area (Å²) in [5.41, 5.74) is 0.389. The van der Waals surface area contributed by atoms with E-state index in [9.17, 15) is 14.4 Å². The first-order chi connectivity index (χ1) is 14.9. The predicted molar refractivity (Wildman–Crippen MR) is 116 cm³/mol. The van der Waals surface area contributed by atoms with Gasteiger partial charge in [0.15, 0.2) is 6.61 Å². The van der Waals surface area contributed by atoms with E-state index in [0.717, 1.165) is 6.42 Å². The Labute approximate surface area is 182 Å². The van der Waals surface area contributed by atoms with Gasteiger partial charge in [0, 0.05) is 18.7 Å². The Kier molecular flexibility index (Phi) is 7.65. The smallest absolute Gasteiger partial charge is 0.325 e. The lowest BCUT2D eigenvalue weighted by atomic mass is 9.92. The molecule has 1 aliphatic heterocycles. The molecule has 3 rings (SSSR count). The molecule has 1 aliphatic rings. The highest BCUT2D eigenvalue weighted by atomic mass is 16.5. The zero-order valence-corrected chi connectivity index (χ0v) is 17.9. The second-order valence-electron chi connectivity index (χ2n) is 8.03. The van der Waals surface area contributed by atoms with Crippen LogP contribution in [0.2, 0.25) is 0 Å². The second-order valence-corrected chi connectivity index (χ2v) is 8.03. The van der Waals surface area contributed by atoms with Crippen LogP contribution in [0.5, 0.6) is 11.5 Å². The lowest BCUT2D eigenvalue weighted by molar-refractivity contribution is -0.152. The fourth-order valence-corrected chi connectivity index (χ4v) is 3.70. The molecule has 7 nitrogen and oxygen atoms in total. The summed E-state index contributed by atoms with van der Waals surface area (Å²) in [7, 11) is 0. The van der Waals surface area contributed by atoms with Crippen LogP contribution < -0.4 is 10.1 Å². The molecule has 2 aromatic carbocycles. The van der Waals surface area contributed by atoms with Gasteiger partial charge >= 0.3 is 5.97 Å². The maximum absolute atomic E-state index is 12.3. The Hall–Kier alpha value is -3.35. The van der Waals surface area contributed by atoms with Crippen LogP contribution in [0.25, 0.3) is 0 Å². The molecule has 2 atom stereocenters. The first kappa shape index (κ1) is 22.3. The number of para-hydroxylation sites is 1. The van der Waals surface area contributed by atoms with Crippen LogP contribution in [0, 0.1) is 11.8 Å². The molecule has 7 heteroatoms. The van der Waals surface area contributed by atoms with Gasteiger partial charge in [-0.05, 0) is 54.7 Å². The monoisotopic (exact) mass is 424 g/mol. The van der Waals surface area contributed by atoms with Crippen molar-refractivity contribution in [1.82, 2.24) is 10.2 Å². The van der Waals surface area contributed by atoms with Gasteiger partial charge in [0.1, 0.15) is 18.0 Å². The van der Waals surface area contributed by atoms with Crippen molar-refractivity contribution >= 4 is 17.8 Å². The van der Waals surface area contributed by atoms with Crippen LogP contribution in [0.1, 0.15) is 30.6 Å². The second kappa shape index (κ2) is 10.6. The van der Waals surface area contributed by atoms with Crippen molar-refractivity contribution in [2.75, 3.05) is 26.2 Å². The van der Waals surface area contributed by atoms with Crippen molar-refractivity contribution in [3.8, 4) is 11.5 Å². The summed E-state index contributed by atoms with van der Waals surface area (Å²) < 4.78 is 10.7.